The lowest BCUT2D eigenvalue weighted by Crippen LogP contribution is -2.62. The van der Waals surface area contributed by atoms with Gasteiger partial charge in [0.15, 0.2) is 5.78 Å². The molecule has 4 rings (SSSR count). The second-order valence-electron chi connectivity index (χ2n) is 9.92. The van der Waals surface area contributed by atoms with Crippen LogP contribution in [0.3, 0.4) is 0 Å². The van der Waals surface area contributed by atoms with Gasteiger partial charge in [0.1, 0.15) is 12.2 Å². The fourth-order valence-corrected chi connectivity index (χ4v) is 6.92. The average Bonchev–Trinajstić information content (AvgIpc) is 3.52. The van der Waals surface area contributed by atoms with E-state index in [1.165, 1.54) is 21.6 Å². The summed E-state index contributed by atoms with van der Waals surface area (Å²) in [4.78, 5) is 53.6. The smallest absolute Gasteiger partial charge is 0.353 e. The maximum absolute atomic E-state index is 13.1. The van der Waals surface area contributed by atoms with Crippen molar-refractivity contribution in [3.05, 3.63) is 16.4 Å². The van der Waals surface area contributed by atoms with Gasteiger partial charge in [-0.1, -0.05) is 13.8 Å². The van der Waals surface area contributed by atoms with Crippen molar-refractivity contribution < 1.29 is 33.1 Å². The van der Waals surface area contributed by atoms with E-state index in [2.05, 4.69) is 20.8 Å². The topological polar surface area (TPSA) is 151 Å². The number of hydrogen-bond donors (Lipinski definition) is 2. The summed E-state index contributed by atoms with van der Waals surface area (Å²) in [6.07, 6.45) is -2.46. The third kappa shape index (κ3) is 4.98. The van der Waals surface area contributed by atoms with Gasteiger partial charge in [-0.3, -0.25) is 14.4 Å². The Morgan fingerprint density at radius 1 is 1.30 bits per heavy atom. The minimum absolute atomic E-state index is 0.0349. The molecule has 0 aromatic carbocycles. The van der Waals surface area contributed by atoms with E-state index in [-0.39, 0.29) is 41.1 Å². The molecule has 37 heavy (non-hydrogen) atoms. The highest BCUT2D eigenvalue weighted by molar-refractivity contribution is 8.03. The number of carboxylic acids is 1. The fraction of sp³-hybridized carbons (Fsp3) is 0.682. The van der Waals surface area contributed by atoms with Crippen LogP contribution >= 0.6 is 11.8 Å². The Kier molecular flexibility index (Phi) is 7.65. The van der Waals surface area contributed by atoms with E-state index in [9.17, 15) is 33.1 Å². The number of β-lactam (4-membered cyclic amide) rings is 1. The SMILES string of the molecule is CC(CC(=O)Cn1nnnc1C(F)F)[C@H]1C(=O)N2C(C(=O)O)=C(SC3CNC(C(=O)N(C)C)C3)[C@H](C)[C@H]12. The minimum atomic E-state index is -2.93. The summed E-state index contributed by atoms with van der Waals surface area (Å²) in [5.74, 6) is -4.02. The number of ketones is 1. The van der Waals surface area contributed by atoms with Crippen molar-refractivity contribution in [3.63, 3.8) is 0 Å². The maximum Gasteiger partial charge on any atom is 0.353 e. The van der Waals surface area contributed by atoms with E-state index in [0.717, 1.165) is 4.68 Å². The number of tetrazole rings is 1. The number of nitrogens with one attached hydrogen (secondary N) is 1. The third-order valence-electron chi connectivity index (χ3n) is 7.16. The Bertz CT molecular complexity index is 1140. The molecule has 0 saturated carbocycles. The number of carbonyl (C=O) groups is 4. The number of likely N-dealkylation sites (N-methyl/N-ethyl adjacent to an activating group) is 1. The van der Waals surface area contributed by atoms with E-state index < -0.39 is 48.4 Å². The van der Waals surface area contributed by atoms with Crippen molar-refractivity contribution in [1.82, 2.24) is 35.3 Å². The average molecular weight is 542 g/mol. The van der Waals surface area contributed by atoms with E-state index in [0.29, 0.717) is 17.9 Å². The van der Waals surface area contributed by atoms with Gasteiger partial charge in [0.2, 0.25) is 17.6 Å². The molecule has 0 spiro atoms. The van der Waals surface area contributed by atoms with Crippen LogP contribution in [0.1, 0.15) is 38.9 Å². The highest BCUT2D eigenvalue weighted by Gasteiger charge is 2.60. The zero-order chi connectivity index (χ0) is 27.2. The zero-order valence-corrected chi connectivity index (χ0v) is 21.6. The standard InChI is InChI=1S/C22H29F2N7O5S/c1-9(5-11(32)8-30-19(18(23)24)26-27-28-30)14-15-10(2)17(16(22(35)36)31(15)21(14)34)37-12-6-13(25-7-12)20(33)29(3)4/h9-10,12-15,18,25H,5-8H2,1-4H3,(H,35,36)/t9?,10-,12?,13?,14-,15-/m1/s1. The predicted molar refractivity (Wildman–Crippen MR) is 126 cm³/mol. The molecule has 12 nitrogen and oxygen atoms in total. The van der Waals surface area contributed by atoms with Gasteiger partial charge in [-0.15, -0.1) is 16.9 Å². The van der Waals surface area contributed by atoms with Gasteiger partial charge in [0.25, 0.3) is 6.43 Å². The molecule has 1 aromatic rings. The second kappa shape index (κ2) is 10.4. The highest BCUT2D eigenvalue weighted by atomic mass is 32.2. The molecule has 2 N–H and O–H groups in total. The van der Waals surface area contributed by atoms with Gasteiger partial charge in [0, 0.05) is 43.1 Å². The Hall–Kier alpha value is -2.94. The number of alkyl halides is 2. The largest absolute Gasteiger partial charge is 0.477 e. The first kappa shape index (κ1) is 27.1. The molecule has 6 atom stereocenters. The van der Waals surface area contributed by atoms with Crippen LogP contribution in [0.2, 0.25) is 0 Å². The lowest BCUT2D eigenvalue weighted by Gasteiger charge is -2.47. The number of aromatic nitrogens is 4. The number of fused-ring (bicyclic) bond motifs is 1. The van der Waals surface area contributed by atoms with Crippen molar-refractivity contribution in [2.24, 2.45) is 17.8 Å². The van der Waals surface area contributed by atoms with Crippen LogP contribution in [0.5, 0.6) is 0 Å². The molecule has 4 heterocycles. The molecule has 3 aliphatic rings. The maximum atomic E-state index is 13.1. The van der Waals surface area contributed by atoms with Crippen molar-refractivity contribution in [1.29, 1.82) is 0 Å². The van der Waals surface area contributed by atoms with E-state index in [4.69, 9.17) is 0 Å². The Morgan fingerprint density at radius 3 is 2.62 bits per heavy atom. The van der Waals surface area contributed by atoms with Gasteiger partial charge < -0.3 is 20.2 Å². The van der Waals surface area contributed by atoms with Crippen LogP contribution in [0.4, 0.5) is 8.78 Å². The number of carboxylic acid groups (broad SMARTS) is 1. The van der Waals surface area contributed by atoms with Gasteiger partial charge in [-0.2, -0.15) is 0 Å². The number of aliphatic carboxylic acids is 1. The van der Waals surface area contributed by atoms with Crippen molar-refractivity contribution in [3.8, 4) is 0 Å². The van der Waals surface area contributed by atoms with Crippen LogP contribution in [0.15, 0.2) is 10.6 Å². The van der Waals surface area contributed by atoms with Crippen molar-refractivity contribution in [2.75, 3.05) is 20.6 Å². The number of rotatable bonds is 10. The summed E-state index contributed by atoms with van der Waals surface area (Å²) in [5.41, 5.74) is -0.0417. The van der Waals surface area contributed by atoms with E-state index >= 15 is 0 Å². The number of nitrogens with zero attached hydrogens (tertiary/aromatic N) is 6. The number of Topliss-reactive ketones (excluding diaryl/α,β-unsaturated/α-hetero) is 1. The first-order chi connectivity index (χ1) is 17.4. The summed E-state index contributed by atoms with van der Waals surface area (Å²) in [7, 11) is 3.36. The molecule has 1 aromatic heterocycles. The summed E-state index contributed by atoms with van der Waals surface area (Å²) >= 11 is 1.38. The highest BCUT2D eigenvalue weighted by Crippen LogP contribution is 2.53. The number of halogens is 2. The quantitative estimate of drug-likeness (QED) is 0.402. The van der Waals surface area contributed by atoms with Crippen LogP contribution in [0.25, 0.3) is 0 Å². The number of amides is 2. The van der Waals surface area contributed by atoms with Gasteiger partial charge in [-0.25, -0.2) is 18.3 Å². The minimum Gasteiger partial charge on any atom is -0.477 e. The summed E-state index contributed by atoms with van der Waals surface area (Å²) < 4.78 is 26.7. The van der Waals surface area contributed by atoms with Crippen LogP contribution < -0.4 is 5.32 Å². The molecule has 3 aliphatic heterocycles. The molecular weight excluding hydrogens is 512 g/mol. The molecule has 3 unspecified atom stereocenters. The third-order valence-corrected chi connectivity index (χ3v) is 8.67. The molecule has 0 bridgehead atoms. The molecule has 202 valence electrons. The molecular formula is C22H29F2N7O5S. The lowest BCUT2D eigenvalue weighted by molar-refractivity contribution is -0.160. The van der Waals surface area contributed by atoms with Gasteiger partial charge >= 0.3 is 5.97 Å². The summed E-state index contributed by atoms with van der Waals surface area (Å²) in [6.45, 7) is 3.68. The molecule has 2 amide bonds. The van der Waals surface area contributed by atoms with Gasteiger partial charge in [0.05, 0.1) is 18.0 Å². The molecule has 0 radical (unpaired) electrons. The summed E-state index contributed by atoms with van der Waals surface area (Å²) in [5, 5.41) is 22.9. The predicted octanol–water partition coefficient (Wildman–Crippen LogP) is 0.531. The molecule has 2 fully saturated rings. The van der Waals surface area contributed by atoms with Crippen LogP contribution in [-0.4, -0.2) is 96.7 Å². The first-order valence-electron chi connectivity index (χ1n) is 11.9. The molecule has 0 aliphatic carbocycles. The number of hydrogen-bond acceptors (Lipinski definition) is 9. The number of carbonyl (C=O) groups excluding carboxylic acids is 3. The van der Waals surface area contributed by atoms with E-state index in [1.54, 1.807) is 21.0 Å². The van der Waals surface area contributed by atoms with E-state index in [1.807, 2.05) is 6.92 Å². The van der Waals surface area contributed by atoms with Crippen molar-refractivity contribution in [2.45, 2.75) is 57.0 Å². The fourth-order valence-electron chi connectivity index (χ4n) is 5.44. The Labute approximate surface area is 215 Å². The van der Waals surface area contributed by atoms with Crippen LogP contribution in [0, 0.1) is 17.8 Å². The molecule has 2 saturated heterocycles. The lowest BCUT2D eigenvalue weighted by atomic mass is 9.73. The van der Waals surface area contributed by atoms with Gasteiger partial charge in [-0.05, 0) is 22.8 Å². The zero-order valence-electron chi connectivity index (χ0n) is 20.8. The van der Waals surface area contributed by atoms with Crippen molar-refractivity contribution >= 4 is 35.3 Å². The Balaban J connectivity index is 1.43. The number of thioether (sulfide) groups is 1. The molecule has 15 heteroatoms. The normalized spacial score (nSPS) is 27.9. The summed E-state index contributed by atoms with van der Waals surface area (Å²) in [6, 6.07) is -0.761. The first-order valence-corrected chi connectivity index (χ1v) is 12.8. The second-order valence-corrected chi connectivity index (χ2v) is 11.3. The monoisotopic (exact) mass is 541 g/mol. The Morgan fingerprint density at radius 2 is 2.00 bits per heavy atom. The van der Waals surface area contributed by atoms with Crippen LogP contribution in [-0.2, 0) is 25.7 Å².